The molecule has 1 aromatic rings. The summed E-state index contributed by atoms with van der Waals surface area (Å²) in [6.45, 7) is 0. The van der Waals surface area contributed by atoms with E-state index in [0.717, 1.165) is 23.7 Å². The van der Waals surface area contributed by atoms with Gasteiger partial charge >= 0.3 is 0 Å². The standard InChI is InChI=1S/C9H8BrF2NOS/c10-6-5-13-15-7(6)8(14)1-3-9(11,12)4-2-8/h1,3,5,14H,2,4H2. The Morgan fingerprint density at radius 1 is 1.40 bits per heavy atom. The molecule has 1 heterocycles. The van der Waals surface area contributed by atoms with Crippen LogP contribution >= 0.6 is 27.5 Å². The van der Waals surface area contributed by atoms with E-state index in [9.17, 15) is 13.9 Å². The van der Waals surface area contributed by atoms with E-state index in [4.69, 9.17) is 0 Å². The second kappa shape index (κ2) is 3.61. The van der Waals surface area contributed by atoms with Gasteiger partial charge < -0.3 is 5.11 Å². The number of nitrogens with zero attached hydrogens (tertiary/aromatic N) is 1. The van der Waals surface area contributed by atoms with Crippen LogP contribution in [0.3, 0.4) is 0 Å². The summed E-state index contributed by atoms with van der Waals surface area (Å²) < 4.78 is 30.3. The zero-order valence-electron chi connectivity index (χ0n) is 7.58. The van der Waals surface area contributed by atoms with E-state index < -0.39 is 11.5 Å². The van der Waals surface area contributed by atoms with Gasteiger partial charge in [-0.2, -0.15) is 4.37 Å². The summed E-state index contributed by atoms with van der Waals surface area (Å²) in [7, 11) is 0. The first-order chi connectivity index (χ1) is 6.93. The first-order valence-electron chi connectivity index (χ1n) is 4.34. The molecular formula is C9H8BrF2NOS. The lowest BCUT2D eigenvalue weighted by atomic mass is 9.88. The SMILES string of the molecule is OC1(c2sncc2Br)C=CC(F)(F)CC1. The van der Waals surface area contributed by atoms with Crippen molar-refractivity contribution in [2.75, 3.05) is 0 Å². The Morgan fingerprint density at radius 2 is 2.13 bits per heavy atom. The maximum atomic E-state index is 12.9. The van der Waals surface area contributed by atoms with Crippen LogP contribution in [0.2, 0.25) is 0 Å². The summed E-state index contributed by atoms with van der Waals surface area (Å²) >= 11 is 4.34. The molecule has 0 spiro atoms. The summed E-state index contributed by atoms with van der Waals surface area (Å²) in [5.74, 6) is -2.80. The van der Waals surface area contributed by atoms with Gasteiger partial charge in [-0.05, 0) is 46.0 Å². The average molecular weight is 296 g/mol. The second-order valence-corrected chi connectivity index (χ2v) is 5.18. The molecule has 0 saturated heterocycles. The molecule has 1 aliphatic carbocycles. The third-order valence-electron chi connectivity index (χ3n) is 2.36. The van der Waals surface area contributed by atoms with Crippen molar-refractivity contribution in [2.45, 2.75) is 24.4 Å². The average Bonchev–Trinajstić information content (AvgIpc) is 2.58. The van der Waals surface area contributed by atoms with Crippen molar-refractivity contribution in [1.82, 2.24) is 4.37 Å². The summed E-state index contributed by atoms with van der Waals surface area (Å²) in [5.41, 5.74) is -1.30. The molecule has 6 heteroatoms. The van der Waals surface area contributed by atoms with E-state index in [1.165, 1.54) is 0 Å². The summed E-state index contributed by atoms with van der Waals surface area (Å²) in [5, 5.41) is 10.2. The van der Waals surface area contributed by atoms with Crippen molar-refractivity contribution in [1.29, 1.82) is 0 Å². The molecule has 1 aromatic heterocycles. The Kier molecular flexibility index (Phi) is 2.68. The number of aliphatic hydroxyl groups is 1. The predicted octanol–water partition coefficient (Wildman–Crippen LogP) is 3.08. The summed E-state index contributed by atoms with van der Waals surface area (Å²) in [6, 6.07) is 0. The molecule has 0 bridgehead atoms. The Labute approximate surface area is 97.9 Å². The summed E-state index contributed by atoms with van der Waals surface area (Å²) in [6.07, 6.45) is 3.15. The molecule has 1 atom stereocenters. The van der Waals surface area contributed by atoms with E-state index in [-0.39, 0.29) is 12.8 Å². The van der Waals surface area contributed by atoms with Crippen LogP contribution in [0.5, 0.6) is 0 Å². The Balaban J connectivity index is 2.35. The van der Waals surface area contributed by atoms with Gasteiger partial charge in [-0.1, -0.05) is 0 Å². The quantitative estimate of drug-likeness (QED) is 0.808. The van der Waals surface area contributed by atoms with Gasteiger partial charge in [0.2, 0.25) is 0 Å². The van der Waals surface area contributed by atoms with Crippen molar-refractivity contribution in [3.8, 4) is 0 Å². The third-order valence-corrected chi connectivity index (χ3v) is 4.19. The highest BCUT2D eigenvalue weighted by Crippen LogP contribution is 2.42. The molecule has 0 aromatic carbocycles. The van der Waals surface area contributed by atoms with Gasteiger partial charge in [0.25, 0.3) is 5.92 Å². The second-order valence-electron chi connectivity index (χ2n) is 3.52. The van der Waals surface area contributed by atoms with Gasteiger partial charge in [-0.25, -0.2) is 8.78 Å². The fraction of sp³-hybridized carbons (Fsp3) is 0.444. The van der Waals surface area contributed by atoms with Crippen LogP contribution in [0.15, 0.2) is 22.8 Å². The van der Waals surface area contributed by atoms with Gasteiger partial charge in [-0.15, -0.1) is 0 Å². The van der Waals surface area contributed by atoms with Crippen LogP contribution in [0.25, 0.3) is 0 Å². The lowest BCUT2D eigenvalue weighted by molar-refractivity contribution is -0.0125. The zero-order valence-corrected chi connectivity index (χ0v) is 9.99. The van der Waals surface area contributed by atoms with E-state index in [1.54, 1.807) is 6.20 Å². The molecule has 1 unspecified atom stereocenters. The van der Waals surface area contributed by atoms with Gasteiger partial charge in [0.05, 0.1) is 15.5 Å². The topological polar surface area (TPSA) is 33.1 Å². The van der Waals surface area contributed by atoms with E-state index in [1.807, 2.05) is 0 Å². The van der Waals surface area contributed by atoms with Crippen LogP contribution in [0.1, 0.15) is 17.7 Å². The first kappa shape index (κ1) is 11.2. The normalized spacial score (nSPS) is 29.3. The number of hydrogen-bond acceptors (Lipinski definition) is 3. The number of hydrogen-bond donors (Lipinski definition) is 1. The van der Waals surface area contributed by atoms with Gasteiger partial charge in [-0.3, -0.25) is 0 Å². The molecule has 0 fully saturated rings. The van der Waals surface area contributed by atoms with Crippen LogP contribution in [-0.4, -0.2) is 15.4 Å². The molecule has 1 aliphatic rings. The van der Waals surface area contributed by atoms with Gasteiger partial charge in [0, 0.05) is 6.42 Å². The molecule has 2 rings (SSSR count). The number of aromatic nitrogens is 1. The maximum absolute atomic E-state index is 12.9. The van der Waals surface area contributed by atoms with Crippen LogP contribution in [0.4, 0.5) is 8.78 Å². The van der Waals surface area contributed by atoms with Gasteiger partial charge in [0.15, 0.2) is 0 Å². The Hall–Kier alpha value is -0.330. The van der Waals surface area contributed by atoms with Crippen molar-refractivity contribution >= 4 is 27.5 Å². The Morgan fingerprint density at radius 3 is 2.60 bits per heavy atom. The maximum Gasteiger partial charge on any atom is 0.266 e. The van der Waals surface area contributed by atoms with Crippen LogP contribution < -0.4 is 0 Å². The smallest absolute Gasteiger partial charge is 0.266 e. The minimum Gasteiger partial charge on any atom is -0.380 e. The number of alkyl halides is 2. The number of halogens is 3. The largest absolute Gasteiger partial charge is 0.380 e. The fourth-order valence-corrected chi connectivity index (χ4v) is 3.02. The predicted molar refractivity (Wildman–Crippen MR) is 57.0 cm³/mol. The molecule has 1 N–H and O–H groups in total. The highest BCUT2D eigenvalue weighted by molar-refractivity contribution is 9.10. The highest BCUT2D eigenvalue weighted by Gasteiger charge is 2.40. The van der Waals surface area contributed by atoms with Crippen molar-refractivity contribution < 1.29 is 13.9 Å². The molecule has 0 amide bonds. The number of rotatable bonds is 1. The van der Waals surface area contributed by atoms with E-state index in [0.29, 0.717) is 9.35 Å². The molecule has 82 valence electrons. The molecule has 2 nitrogen and oxygen atoms in total. The highest BCUT2D eigenvalue weighted by atomic mass is 79.9. The summed E-state index contributed by atoms with van der Waals surface area (Å²) in [4.78, 5) is 0.578. The monoisotopic (exact) mass is 295 g/mol. The van der Waals surface area contributed by atoms with Crippen molar-refractivity contribution in [2.24, 2.45) is 0 Å². The molecule has 0 radical (unpaired) electrons. The fourth-order valence-electron chi connectivity index (χ4n) is 1.49. The van der Waals surface area contributed by atoms with E-state index in [2.05, 4.69) is 20.3 Å². The van der Waals surface area contributed by atoms with Crippen LogP contribution in [0, 0.1) is 0 Å². The molecule has 0 saturated carbocycles. The lowest BCUT2D eigenvalue weighted by Crippen LogP contribution is -2.31. The Bertz CT molecular complexity index is 407. The van der Waals surface area contributed by atoms with Gasteiger partial charge in [0.1, 0.15) is 5.60 Å². The third kappa shape index (κ3) is 2.11. The first-order valence-corrected chi connectivity index (χ1v) is 5.91. The van der Waals surface area contributed by atoms with E-state index >= 15 is 0 Å². The van der Waals surface area contributed by atoms with Crippen molar-refractivity contribution in [3.05, 3.63) is 27.7 Å². The van der Waals surface area contributed by atoms with Crippen LogP contribution in [-0.2, 0) is 5.60 Å². The zero-order chi connectivity index (χ0) is 11.1. The minimum absolute atomic E-state index is 0.0112. The lowest BCUT2D eigenvalue weighted by Gasteiger charge is -2.29. The molecular weight excluding hydrogens is 288 g/mol. The number of allylic oxidation sites excluding steroid dienone is 1. The van der Waals surface area contributed by atoms with Crippen molar-refractivity contribution in [3.63, 3.8) is 0 Å². The molecule has 15 heavy (non-hydrogen) atoms. The molecule has 0 aliphatic heterocycles. The minimum atomic E-state index is -2.80.